The SMILES string of the molecule is c1ccc(-n2c(SCCCc3nc(-c4ccncc4)no3)nnc2N2CCCCC2)cc1. The van der Waals surface area contributed by atoms with Gasteiger partial charge in [-0.1, -0.05) is 35.1 Å². The summed E-state index contributed by atoms with van der Waals surface area (Å²) in [5.74, 6) is 3.08. The number of nitrogens with zero attached hydrogens (tertiary/aromatic N) is 7. The van der Waals surface area contributed by atoms with E-state index in [9.17, 15) is 0 Å². The van der Waals surface area contributed by atoms with Gasteiger partial charge in [0, 0.05) is 43.2 Å². The van der Waals surface area contributed by atoms with Crippen molar-refractivity contribution in [2.45, 2.75) is 37.3 Å². The molecule has 0 radical (unpaired) electrons. The largest absolute Gasteiger partial charge is 0.341 e. The van der Waals surface area contributed by atoms with Gasteiger partial charge in [0.1, 0.15) is 0 Å². The molecule has 164 valence electrons. The summed E-state index contributed by atoms with van der Waals surface area (Å²) in [5.41, 5.74) is 2.00. The summed E-state index contributed by atoms with van der Waals surface area (Å²) in [5, 5.41) is 14.1. The fourth-order valence-electron chi connectivity index (χ4n) is 3.82. The number of anilines is 1. The van der Waals surface area contributed by atoms with E-state index in [1.54, 1.807) is 24.2 Å². The molecule has 4 aromatic rings. The maximum atomic E-state index is 5.42. The molecule has 0 bridgehead atoms. The van der Waals surface area contributed by atoms with Gasteiger partial charge < -0.3 is 9.42 Å². The molecule has 0 unspecified atom stereocenters. The Labute approximate surface area is 191 Å². The van der Waals surface area contributed by atoms with Crippen LogP contribution in [0.2, 0.25) is 0 Å². The van der Waals surface area contributed by atoms with E-state index < -0.39 is 0 Å². The molecule has 5 rings (SSSR count). The number of benzene rings is 1. The number of hydrogen-bond acceptors (Lipinski definition) is 8. The standard InChI is InChI=1S/C23H25N7OS/c1-3-8-19(9-4-1)30-22(29-15-5-2-6-16-29)26-27-23(30)32-17-7-10-20-25-21(28-31-20)18-11-13-24-14-12-18/h1,3-4,8-9,11-14H,2,5-7,10,15-17H2. The summed E-state index contributed by atoms with van der Waals surface area (Å²) in [6.07, 6.45) is 8.78. The number of rotatable bonds is 8. The van der Waals surface area contributed by atoms with Gasteiger partial charge in [-0.05, 0) is 49.9 Å². The average Bonchev–Trinajstić information content (AvgIpc) is 3.51. The minimum atomic E-state index is 0.602. The van der Waals surface area contributed by atoms with Crippen molar-refractivity contribution in [2.75, 3.05) is 23.7 Å². The molecule has 0 atom stereocenters. The molecule has 1 saturated heterocycles. The first-order valence-corrected chi connectivity index (χ1v) is 12.0. The molecular formula is C23H25N7OS. The Morgan fingerprint density at radius 1 is 0.938 bits per heavy atom. The van der Waals surface area contributed by atoms with E-state index in [0.29, 0.717) is 11.7 Å². The lowest BCUT2D eigenvalue weighted by molar-refractivity contribution is 0.378. The minimum Gasteiger partial charge on any atom is -0.341 e. The van der Waals surface area contributed by atoms with Crippen LogP contribution in [0, 0.1) is 0 Å². The topological polar surface area (TPSA) is 85.8 Å². The van der Waals surface area contributed by atoms with E-state index in [-0.39, 0.29) is 0 Å². The van der Waals surface area contributed by atoms with Crippen LogP contribution >= 0.6 is 11.8 Å². The third-order valence-corrected chi connectivity index (χ3v) is 6.46. The van der Waals surface area contributed by atoms with Crippen molar-refractivity contribution >= 4 is 17.7 Å². The van der Waals surface area contributed by atoms with Gasteiger partial charge >= 0.3 is 0 Å². The van der Waals surface area contributed by atoms with Crippen molar-refractivity contribution < 1.29 is 4.52 Å². The third kappa shape index (κ3) is 4.67. The monoisotopic (exact) mass is 447 g/mol. The second kappa shape index (κ2) is 9.95. The highest BCUT2D eigenvalue weighted by atomic mass is 32.2. The van der Waals surface area contributed by atoms with Gasteiger partial charge in [-0.2, -0.15) is 4.98 Å². The van der Waals surface area contributed by atoms with Gasteiger partial charge in [-0.25, -0.2) is 0 Å². The van der Waals surface area contributed by atoms with Crippen LogP contribution in [0.3, 0.4) is 0 Å². The van der Waals surface area contributed by atoms with Crippen molar-refractivity contribution in [3.63, 3.8) is 0 Å². The molecule has 3 aromatic heterocycles. The Hall–Kier alpha value is -3.20. The van der Waals surface area contributed by atoms with Crippen LogP contribution in [-0.2, 0) is 6.42 Å². The highest BCUT2D eigenvalue weighted by molar-refractivity contribution is 7.99. The zero-order chi connectivity index (χ0) is 21.6. The Kier molecular flexibility index (Phi) is 6.43. The van der Waals surface area contributed by atoms with E-state index in [4.69, 9.17) is 4.52 Å². The molecule has 1 aliphatic heterocycles. The van der Waals surface area contributed by atoms with E-state index in [0.717, 1.165) is 54.0 Å². The number of aryl methyl sites for hydroxylation is 1. The lowest BCUT2D eigenvalue weighted by Gasteiger charge is -2.27. The predicted molar refractivity (Wildman–Crippen MR) is 124 cm³/mol. The van der Waals surface area contributed by atoms with E-state index in [2.05, 4.69) is 59.1 Å². The number of aromatic nitrogens is 6. The maximum absolute atomic E-state index is 5.42. The fraction of sp³-hybridized carbons (Fsp3) is 0.348. The molecule has 0 spiro atoms. The Morgan fingerprint density at radius 2 is 1.75 bits per heavy atom. The number of thioether (sulfide) groups is 1. The first-order chi connectivity index (χ1) is 15.9. The molecular weight excluding hydrogens is 422 g/mol. The fourth-order valence-corrected chi connectivity index (χ4v) is 4.70. The van der Waals surface area contributed by atoms with E-state index in [1.165, 1.54) is 19.3 Å². The van der Waals surface area contributed by atoms with Gasteiger partial charge in [0.05, 0.1) is 5.69 Å². The van der Waals surface area contributed by atoms with Crippen LogP contribution < -0.4 is 4.90 Å². The molecule has 32 heavy (non-hydrogen) atoms. The molecule has 1 fully saturated rings. The van der Waals surface area contributed by atoms with Gasteiger partial charge in [0.15, 0.2) is 5.16 Å². The summed E-state index contributed by atoms with van der Waals surface area (Å²) in [4.78, 5) is 10.9. The summed E-state index contributed by atoms with van der Waals surface area (Å²) < 4.78 is 7.60. The summed E-state index contributed by atoms with van der Waals surface area (Å²) in [7, 11) is 0. The lowest BCUT2D eigenvalue weighted by atomic mass is 10.1. The smallest absolute Gasteiger partial charge is 0.232 e. The molecule has 4 heterocycles. The van der Waals surface area contributed by atoms with Gasteiger partial charge in [0.25, 0.3) is 0 Å². The molecule has 1 aliphatic rings. The predicted octanol–water partition coefficient (Wildman–Crippen LogP) is 4.43. The zero-order valence-corrected chi connectivity index (χ0v) is 18.6. The van der Waals surface area contributed by atoms with Crippen LogP contribution in [0.25, 0.3) is 17.1 Å². The number of piperidine rings is 1. The van der Waals surface area contributed by atoms with Crippen molar-refractivity contribution in [3.05, 3.63) is 60.7 Å². The van der Waals surface area contributed by atoms with Crippen LogP contribution in [-0.4, -0.2) is 48.7 Å². The van der Waals surface area contributed by atoms with Crippen LogP contribution in [0.4, 0.5) is 5.95 Å². The molecule has 1 aromatic carbocycles. The highest BCUT2D eigenvalue weighted by Crippen LogP contribution is 2.28. The van der Waals surface area contributed by atoms with Gasteiger partial charge in [0.2, 0.25) is 17.7 Å². The van der Waals surface area contributed by atoms with Crippen molar-refractivity contribution in [3.8, 4) is 17.1 Å². The van der Waals surface area contributed by atoms with Crippen LogP contribution in [0.15, 0.2) is 64.5 Å². The van der Waals surface area contributed by atoms with E-state index in [1.807, 2.05) is 18.2 Å². The summed E-state index contributed by atoms with van der Waals surface area (Å²) in [6, 6.07) is 14.1. The first kappa shape index (κ1) is 20.7. The normalized spacial score (nSPS) is 14.1. The van der Waals surface area contributed by atoms with Crippen molar-refractivity contribution in [1.29, 1.82) is 0 Å². The Morgan fingerprint density at radius 3 is 2.56 bits per heavy atom. The Balaban J connectivity index is 1.25. The molecule has 0 N–H and O–H groups in total. The average molecular weight is 448 g/mol. The van der Waals surface area contributed by atoms with Crippen LogP contribution in [0.1, 0.15) is 31.6 Å². The number of para-hydroxylation sites is 1. The second-order valence-electron chi connectivity index (χ2n) is 7.70. The zero-order valence-electron chi connectivity index (χ0n) is 17.8. The van der Waals surface area contributed by atoms with E-state index >= 15 is 0 Å². The van der Waals surface area contributed by atoms with Gasteiger partial charge in [-0.15, -0.1) is 10.2 Å². The first-order valence-electron chi connectivity index (χ1n) is 11.0. The summed E-state index contributed by atoms with van der Waals surface area (Å²) in [6.45, 7) is 2.07. The van der Waals surface area contributed by atoms with Crippen molar-refractivity contribution in [1.82, 2.24) is 29.9 Å². The molecule has 9 heteroatoms. The lowest BCUT2D eigenvalue weighted by Crippen LogP contribution is -2.31. The van der Waals surface area contributed by atoms with Crippen LogP contribution in [0.5, 0.6) is 0 Å². The molecule has 0 amide bonds. The molecule has 8 nitrogen and oxygen atoms in total. The van der Waals surface area contributed by atoms with Gasteiger partial charge in [-0.3, -0.25) is 9.55 Å². The number of pyridine rings is 1. The molecule has 0 aliphatic carbocycles. The summed E-state index contributed by atoms with van der Waals surface area (Å²) >= 11 is 1.71. The quantitative estimate of drug-likeness (QED) is 0.290. The second-order valence-corrected chi connectivity index (χ2v) is 8.76. The highest BCUT2D eigenvalue weighted by Gasteiger charge is 2.21. The maximum Gasteiger partial charge on any atom is 0.232 e. The Bertz CT molecular complexity index is 1120. The number of hydrogen-bond donors (Lipinski definition) is 0. The minimum absolute atomic E-state index is 0.602. The third-order valence-electron chi connectivity index (χ3n) is 5.44. The molecule has 0 saturated carbocycles. The van der Waals surface area contributed by atoms with Crippen molar-refractivity contribution in [2.24, 2.45) is 0 Å².